The predicted octanol–water partition coefficient (Wildman–Crippen LogP) is 2.33. The van der Waals surface area contributed by atoms with Gasteiger partial charge in [0.05, 0.1) is 12.2 Å². The smallest absolute Gasteiger partial charge is 0.148 e. The van der Waals surface area contributed by atoms with Gasteiger partial charge in [-0.2, -0.15) is 10.2 Å². The minimum Gasteiger partial charge on any atom is -0.363 e. The van der Waals surface area contributed by atoms with Crippen molar-refractivity contribution in [1.82, 2.24) is 20.0 Å². The zero-order valence-electron chi connectivity index (χ0n) is 10.4. The van der Waals surface area contributed by atoms with Crippen LogP contribution in [0.15, 0.2) is 18.3 Å². The Labute approximate surface area is 101 Å². The lowest BCUT2D eigenvalue weighted by Gasteiger charge is -2.02. The largest absolute Gasteiger partial charge is 0.363 e. The number of hydrogen-bond acceptors (Lipinski definition) is 3. The highest BCUT2D eigenvalue weighted by Gasteiger charge is 2.03. The van der Waals surface area contributed by atoms with Crippen LogP contribution in [0.4, 0.5) is 5.82 Å². The number of unbranched alkanes of at least 4 members (excludes halogenated alkanes) is 1. The van der Waals surface area contributed by atoms with E-state index >= 15 is 0 Å². The molecular weight excluding hydrogens is 214 g/mol. The molecule has 2 heterocycles. The predicted molar refractivity (Wildman–Crippen MR) is 67.8 cm³/mol. The third-order valence-electron chi connectivity index (χ3n) is 2.72. The normalized spacial score (nSPS) is 10.7. The number of H-pyrrole nitrogens is 1. The van der Waals surface area contributed by atoms with E-state index in [1.807, 2.05) is 6.07 Å². The average Bonchev–Trinajstić information content (AvgIpc) is 2.93. The Bertz CT molecular complexity index is 443. The van der Waals surface area contributed by atoms with Crippen molar-refractivity contribution in [2.45, 2.75) is 39.8 Å². The minimum absolute atomic E-state index is 0.726. The van der Waals surface area contributed by atoms with E-state index in [1.165, 1.54) is 18.5 Å². The zero-order valence-corrected chi connectivity index (χ0v) is 10.4. The summed E-state index contributed by atoms with van der Waals surface area (Å²) in [6.45, 7) is 6.00. The summed E-state index contributed by atoms with van der Waals surface area (Å²) in [5.74, 6) is 0.924. The van der Waals surface area contributed by atoms with Crippen LogP contribution in [-0.2, 0) is 13.1 Å². The van der Waals surface area contributed by atoms with Crippen molar-refractivity contribution in [2.75, 3.05) is 5.32 Å². The molecule has 0 aliphatic carbocycles. The first kappa shape index (κ1) is 11.7. The Hall–Kier alpha value is -1.78. The summed E-state index contributed by atoms with van der Waals surface area (Å²) in [4.78, 5) is 0. The second-order valence-corrected chi connectivity index (χ2v) is 4.18. The fourth-order valence-corrected chi connectivity index (χ4v) is 1.70. The van der Waals surface area contributed by atoms with Crippen LogP contribution < -0.4 is 5.32 Å². The first-order valence-corrected chi connectivity index (χ1v) is 6.06. The average molecular weight is 233 g/mol. The topological polar surface area (TPSA) is 58.5 Å². The van der Waals surface area contributed by atoms with E-state index in [9.17, 15) is 0 Å². The van der Waals surface area contributed by atoms with Gasteiger partial charge in [0.1, 0.15) is 5.82 Å². The molecule has 5 nitrogen and oxygen atoms in total. The van der Waals surface area contributed by atoms with Crippen LogP contribution in [0, 0.1) is 6.92 Å². The van der Waals surface area contributed by atoms with Gasteiger partial charge >= 0.3 is 0 Å². The first-order valence-electron chi connectivity index (χ1n) is 6.06. The van der Waals surface area contributed by atoms with Crippen LogP contribution in [0.3, 0.4) is 0 Å². The molecule has 2 aromatic rings. The van der Waals surface area contributed by atoms with Gasteiger partial charge in [0.25, 0.3) is 0 Å². The molecule has 17 heavy (non-hydrogen) atoms. The maximum atomic E-state index is 4.52. The number of aromatic amines is 1. The van der Waals surface area contributed by atoms with Crippen molar-refractivity contribution in [3.05, 3.63) is 29.7 Å². The van der Waals surface area contributed by atoms with Crippen LogP contribution in [0.25, 0.3) is 0 Å². The summed E-state index contributed by atoms with van der Waals surface area (Å²) in [6.07, 6.45) is 4.11. The number of nitrogens with zero attached hydrogens (tertiary/aromatic N) is 3. The fourth-order valence-electron chi connectivity index (χ4n) is 1.70. The van der Waals surface area contributed by atoms with E-state index < -0.39 is 0 Å². The van der Waals surface area contributed by atoms with E-state index in [2.05, 4.69) is 45.2 Å². The van der Waals surface area contributed by atoms with E-state index in [0.29, 0.717) is 0 Å². The zero-order chi connectivity index (χ0) is 12.1. The van der Waals surface area contributed by atoms with Gasteiger partial charge in [-0.1, -0.05) is 13.3 Å². The Morgan fingerprint density at radius 3 is 3.06 bits per heavy atom. The number of anilines is 1. The Morgan fingerprint density at radius 1 is 1.47 bits per heavy atom. The molecule has 2 N–H and O–H groups in total. The molecule has 0 amide bonds. The Morgan fingerprint density at radius 2 is 2.35 bits per heavy atom. The van der Waals surface area contributed by atoms with Gasteiger partial charge in [-0.25, -0.2) is 0 Å². The second kappa shape index (κ2) is 5.52. The van der Waals surface area contributed by atoms with Gasteiger partial charge in [-0.3, -0.25) is 9.78 Å². The molecule has 5 heteroatoms. The van der Waals surface area contributed by atoms with Crippen LogP contribution in [0.5, 0.6) is 0 Å². The molecule has 0 spiro atoms. The number of nitrogens with one attached hydrogen (secondary N) is 2. The maximum Gasteiger partial charge on any atom is 0.148 e. The first-order chi connectivity index (χ1) is 8.29. The lowest BCUT2D eigenvalue weighted by atomic mass is 10.3. The van der Waals surface area contributed by atoms with Crippen molar-refractivity contribution >= 4 is 5.82 Å². The van der Waals surface area contributed by atoms with Gasteiger partial charge in [0.2, 0.25) is 0 Å². The Kier molecular flexibility index (Phi) is 3.80. The maximum absolute atomic E-state index is 4.52. The molecule has 92 valence electrons. The van der Waals surface area contributed by atoms with Crippen molar-refractivity contribution in [1.29, 1.82) is 0 Å². The van der Waals surface area contributed by atoms with Gasteiger partial charge in [0.15, 0.2) is 0 Å². The summed E-state index contributed by atoms with van der Waals surface area (Å²) in [5, 5.41) is 14.6. The highest BCUT2D eigenvalue weighted by Crippen LogP contribution is 2.10. The second-order valence-electron chi connectivity index (χ2n) is 4.18. The Balaban J connectivity index is 1.92. The summed E-state index contributed by atoms with van der Waals surface area (Å²) in [5.41, 5.74) is 2.26. The van der Waals surface area contributed by atoms with Crippen molar-refractivity contribution < 1.29 is 0 Å². The molecule has 0 aliphatic rings. The summed E-state index contributed by atoms with van der Waals surface area (Å²) < 4.78 is 2.05. The molecule has 0 saturated heterocycles. The van der Waals surface area contributed by atoms with Crippen LogP contribution >= 0.6 is 0 Å². The monoisotopic (exact) mass is 233 g/mol. The summed E-state index contributed by atoms with van der Waals surface area (Å²) >= 11 is 0. The molecule has 0 radical (unpaired) electrons. The third kappa shape index (κ3) is 3.09. The molecule has 0 atom stereocenters. The molecule has 0 aromatic carbocycles. The highest BCUT2D eigenvalue weighted by molar-refractivity contribution is 5.35. The molecule has 2 aromatic heterocycles. The number of aromatic nitrogens is 4. The molecule has 0 unspecified atom stereocenters. The summed E-state index contributed by atoms with van der Waals surface area (Å²) in [6, 6.07) is 4.03. The number of rotatable bonds is 6. The standard InChI is InChI=1S/C12H19N5/c1-3-4-7-17-10(2)8-12(16-17)13-9-11-5-6-14-15-11/h5-6,8H,3-4,7,9H2,1-2H3,(H,13,16)(H,14,15). The van der Waals surface area contributed by atoms with Crippen molar-refractivity contribution in [3.8, 4) is 0 Å². The van der Waals surface area contributed by atoms with E-state index in [4.69, 9.17) is 0 Å². The van der Waals surface area contributed by atoms with Gasteiger partial charge in [-0.05, 0) is 19.4 Å². The van der Waals surface area contributed by atoms with Crippen LogP contribution in [0.1, 0.15) is 31.2 Å². The van der Waals surface area contributed by atoms with Crippen LogP contribution in [-0.4, -0.2) is 20.0 Å². The molecule has 0 fully saturated rings. The third-order valence-corrected chi connectivity index (χ3v) is 2.72. The highest BCUT2D eigenvalue weighted by atomic mass is 15.3. The molecule has 0 saturated carbocycles. The lowest BCUT2D eigenvalue weighted by molar-refractivity contribution is 0.560. The van der Waals surface area contributed by atoms with Crippen LogP contribution in [0.2, 0.25) is 0 Å². The van der Waals surface area contributed by atoms with Gasteiger partial charge in [0, 0.05) is 24.5 Å². The SMILES string of the molecule is CCCCn1nc(NCc2ccn[nH]2)cc1C. The number of aryl methyl sites for hydroxylation is 2. The quantitative estimate of drug-likeness (QED) is 0.805. The molecule has 0 aliphatic heterocycles. The van der Waals surface area contributed by atoms with E-state index in [0.717, 1.165) is 24.6 Å². The number of hydrogen-bond donors (Lipinski definition) is 2. The van der Waals surface area contributed by atoms with Gasteiger partial charge < -0.3 is 5.32 Å². The van der Waals surface area contributed by atoms with Gasteiger partial charge in [-0.15, -0.1) is 0 Å². The van der Waals surface area contributed by atoms with E-state index in [-0.39, 0.29) is 0 Å². The van der Waals surface area contributed by atoms with Crippen molar-refractivity contribution in [3.63, 3.8) is 0 Å². The van der Waals surface area contributed by atoms with Crippen molar-refractivity contribution in [2.24, 2.45) is 0 Å². The molecule has 0 bridgehead atoms. The molecule has 2 rings (SSSR count). The minimum atomic E-state index is 0.726. The fraction of sp³-hybridized carbons (Fsp3) is 0.500. The summed E-state index contributed by atoms with van der Waals surface area (Å²) in [7, 11) is 0. The van der Waals surface area contributed by atoms with E-state index in [1.54, 1.807) is 6.20 Å². The molecular formula is C12H19N5. The lowest BCUT2D eigenvalue weighted by Crippen LogP contribution is -2.04.